The minimum Gasteiger partial charge on any atom is -0.396 e. The predicted molar refractivity (Wildman–Crippen MR) is 97.8 cm³/mol. The van der Waals surface area contributed by atoms with Gasteiger partial charge in [0.1, 0.15) is 12.1 Å². The summed E-state index contributed by atoms with van der Waals surface area (Å²) in [5.74, 6) is 0.813. The molecule has 1 fully saturated rings. The number of carbonyl (C=O) groups excluding carboxylic acids is 1. The fraction of sp³-hybridized carbons (Fsp3) is 0.556. The Morgan fingerprint density at radius 2 is 2.19 bits per heavy atom. The molecule has 1 amide bonds. The molecule has 8 nitrogen and oxygen atoms in total. The van der Waals surface area contributed by atoms with Crippen molar-refractivity contribution in [2.45, 2.75) is 32.7 Å². The number of anilines is 1. The van der Waals surface area contributed by atoms with Gasteiger partial charge in [-0.15, -0.1) is 0 Å². The Kier molecular flexibility index (Phi) is 5.51. The smallest absolute Gasteiger partial charge is 0.220 e. The number of nitrogens with zero attached hydrogens (tertiary/aromatic N) is 5. The molecule has 0 aromatic carbocycles. The van der Waals surface area contributed by atoms with E-state index in [0.29, 0.717) is 25.9 Å². The summed E-state index contributed by atoms with van der Waals surface area (Å²) in [6, 6.07) is 1.76. The third-order valence-electron chi connectivity index (χ3n) is 5.17. The van der Waals surface area contributed by atoms with Gasteiger partial charge < -0.3 is 15.3 Å². The molecule has 0 unspecified atom stereocenters. The van der Waals surface area contributed by atoms with Crippen LogP contribution in [0.1, 0.15) is 23.4 Å². The van der Waals surface area contributed by atoms with Crippen molar-refractivity contribution in [3.05, 3.63) is 35.5 Å². The predicted octanol–water partition coefficient (Wildman–Crippen LogP) is 0.373. The van der Waals surface area contributed by atoms with E-state index in [9.17, 15) is 9.90 Å². The first-order valence-electron chi connectivity index (χ1n) is 8.89. The summed E-state index contributed by atoms with van der Waals surface area (Å²) in [6.45, 7) is 5.33. The Balaban J connectivity index is 1.58. The normalized spacial score (nSPS) is 19.8. The molecule has 1 saturated heterocycles. The number of carbonyl (C=O) groups is 1. The van der Waals surface area contributed by atoms with Crippen LogP contribution in [0.4, 0.5) is 5.82 Å². The number of aliphatic hydroxyl groups is 1. The number of rotatable bonds is 6. The zero-order valence-corrected chi connectivity index (χ0v) is 15.5. The van der Waals surface area contributed by atoms with Crippen LogP contribution < -0.4 is 10.2 Å². The number of nitrogens with one attached hydrogen (secondary N) is 1. The molecule has 1 aliphatic rings. The van der Waals surface area contributed by atoms with E-state index in [-0.39, 0.29) is 24.5 Å². The second kappa shape index (κ2) is 7.82. The van der Waals surface area contributed by atoms with Crippen molar-refractivity contribution in [2.75, 3.05) is 24.6 Å². The second-order valence-corrected chi connectivity index (χ2v) is 6.86. The molecule has 2 aromatic rings. The summed E-state index contributed by atoms with van der Waals surface area (Å²) in [6.07, 6.45) is 4.29. The van der Waals surface area contributed by atoms with Crippen LogP contribution >= 0.6 is 0 Å². The second-order valence-electron chi connectivity index (χ2n) is 6.86. The Hall–Kier alpha value is -2.48. The highest BCUT2D eigenvalue weighted by atomic mass is 16.3. The van der Waals surface area contributed by atoms with Gasteiger partial charge in [0.05, 0.1) is 11.7 Å². The van der Waals surface area contributed by atoms with Crippen LogP contribution in [-0.4, -0.2) is 56.5 Å². The number of aliphatic hydroxyl groups excluding tert-OH is 1. The molecule has 2 aromatic heterocycles. The van der Waals surface area contributed by atoms with Crippen LogP contribution in [0, 0.1) is 19.8 Å². The number of aryl methyl sites for hydroxylation is 2. The molecule has 0 aliphatic carbocycles. The van der Waals surface area contributed by atoms with Gasteiger partial charge >= 0.3 is 0 Å². The molecule has 0 saturated carbocycles. The molecular formula is C18H26N6O2. The molecule has 0 bridgehead atoms. The number of hydrogen-bond donors (Lipinski definition) is 2. The Morgan fingerprint density at radius 3 is 2.81 bits per heavy atom. The van der Waals surface area contributed by atoms with E-state index in [1.54, 1.807) is 6.20 Å². The number of aromatic nitrogens is 4. The maximum absolute atomic E-state index is 12.4. The fourth-order valence-corrected chi connectivity index (χ4v) is 3.57. The zero-order valence-electron chi connectivity index (χ0n) is 15.5. The van der Waals surface area contributed by atoms with Crippen molar-refractivity contribution in [2.24, 2.45) is 13.0 Å². The molecule has 1 aliphatic heterocycles. The number of hydrogen-bond acceptors (Lipinski definition) is 6. The lowest BCUT2D eigenvalue weighted by Crippen LogP contribution is -2.41. The average Bonchev–Trinajstić information content (AvgIpc) is 3.15. The molecule has 3 heterocycles. The Bertz CT molecular complexity index is 761. The van der Waals surface area contributed by atoms with Crippen LogP contribution in [0.2, 0.25) is 0 Å². The highest BCUT2D eigenvalue weighted by Crippen LogP contribution is 2.22. The first kappa shape index (κ1) is 18.3. The zero-order chi connectivity index (χ0) is 18.7. The van der Waals surface area contributed by atoms with Crippen molar-refractivity contribution >= 4 is 11.7 Å². The van der Waals surface area contributed by atoms with Gasteiger partial charge in [-0.25, -0.2) is 9.97 Å². The molecule has 3 rings (SSSR count). The van der Waals surface area contributed by atoms with E-state index in [1.807, 2.05) is 31.6 Å². The highest BCUT2D eigenvalue weighted by molar-refractivity contribution is 5.76. The first-order chi connectivity index (χ1) is 12.5. The summed E-state index contributed by atoms with van der Waals surface area (Å²) in [7, 11) is 1.91. The van der Waals surface area contributed by atoms with Crippen LogP contribution in [-0.2, 0) is 18.3 Å². The molecule has 2 N–H and O–H groups in total. The van der Waals surface area contributed by atoms with Crippen molar-refractivity contribution in [1.82, 2.24) is 25.1 Å². The highest BCUT2D eigenvalue weighted by Gasteiger charge is 2.34. The van der Waals surface area contributed by atoms with Gasteiger partial charge in [-0.05, 0) is 31.9 Å². The topological polar surface area (TPSA) is 96.2 Å². The van der Waals surface area contributed by atoms with E-state index in [0.717, 1.165) is 22.8 Å². The van der Waals surface area contributed by atoms with Crippen LogP contribution in [0.5, 0.6) is 0 Å². The van der Waals surface area contributed by atoms with Crippen molar-refractivity contribution in [1.29, 1.82) is 0 Å². The van der Waals surface area contributed by atoms with E-state index in [4.69, 9.17) is 0 Å². The third kappa shape index (κ3) is 3.85. The van der Waals surface area contributed by atoms with Crippen LogP contribution in [0.3, 0.4) is 0 Å². The van der Waals surface area contributed by atoms with Crippen molar-refractivity contribution < 1.29 is 9.90 Å². The van der Waals surface area contributed by atoms with Gasteiger partial charge in [0, 0.05) is 51.0 Å². The van der Waals surface area contributed by atoms with Crippen molar-refractivity contribution in [3.63, 3.8) is 0 Å². The summed E-state index contributed by atoms with van der Waals surface area (Å²) in [5, 5.41) is 17.2. The quantitative estimate of drug-likeness (QED) is 0.775. The summed E-state index contributed by atoms with van der Waals surface area (Å²) >= 11 is 0. The first-order valence-corrected chi connectivity index (χ1v) is 8.89. The monoisotopic (exact) mass is 358 g/mol. The lowest BCUT2D eigenvalue weighted by atomic mass is 10.0. The van der Waals surface area contributed by atoms with E-state index in [2.05, 4.69) is 25.3 Å². The Labute approximate surface area is 153 Å². The van der Waals surface area contributed by atoms with Gasteiger partial charge in [0.25, 0.3) is 0 Å². The van der Waals surface area contributed by atoms with Crippen molar-refractivity contribution in [3.8, 4) is 0 Å². The van der Waals surface area contributed by atoms with Gasteiger partial charge in [-0.2, -0.15) is 5.10 Å². The standard InChI is InChI=1S/C18H26N6O2/c1-12-15(13(2)23(3)22-12)4-5-18(26)21-16-9-24(8-14(16)10-25)17-6-7-19-11-20-17/h6-7,11,14,16,25H,4-5,8-10H2,1-3H3,(H,21,26)/t14-,16+/m0/s1. The van der Waals surface area contributed by atoms with E-state index in [1.165, 1.54) is 6.33 Å². The largest absolute Gasteiger partial charge is 0.396 e. The molecule has 140 valence electrons. The van der Waals surface area contributed by atoms with E-state index >= 15 is 0 Å². The molecular weight excluding hydrogens is 332 g/mol. The minimum atomic E-state index is -0.0847. The van der Waals surface area contributed by atoms with Gasteiger partial charge in [-0.1, -0.05) is 0 Å². The van der Waals surface area contributed by atoms with Crippen LogP contribution in [0.15, 0.2) is 18.6 Å². The summed E-state index contributed by atoms with van der Waals surface area (Å²) in [5.41, 5.74) is 3.21. The van der Waals surface area contributed by atoms with Gasteiger partial charge in [-0.3, -0.25) is 9.48 Å². The number of amides is 1. The molecule has 0 radical (unpaired) electrons. The minimum absolute atomic E-state index is 0.000593. The molecule has 2 atom stereocenters. The fourth-order valence-electron chi connectivity index (χ4n) is 3.57. The lowest BCUT2D eigenvalue weighted by molar-refractivity contribution is -0.121. The summed E-state index contributed by atoms with van der Waals surface area (Å²) < 4.78 is 1.85. The summed E-state index contributed by atoms with van der Waals surface area (Å²) in [4.78, 5) is 22.7. The average molecular weight is 358 g/mol. The SMILES string of the molecule is Cc1nn(C)c(C)c1CCC(=O)N[C@@H]1CN(c2ccncn2)C[C@H]1CO. The Morgan fingerprint density at radius 1 is 1.38 bits per heavy atom. The lowest BCUT2D eigenvalue weighted by Gasteiger charge is -2.18. The van der Waals surface area contributed by atoms with Crippen LogP contribution in [0.25, 0.3) is 0 Å². The maximum atomic E-state index is 12.4. The maximum Gasteiger partial charge on any atom is 0.220 e. The van der Waals surface area contributed by atoms with Gasteiger partial charge in [0.2, 0.25) is 5.91 Å². The molecule has 26 heavy (non-hydrogen) atoms. The van der Waals surface area contributed by atoms with E-state index < -0.39 is 0 Å². The van der Waals surface area contributed by atoms with Gasteiger partial charge in [0.15, 0.2) is 0 Å². The molecule has 8 heteroatoms. The third-order valence-corrected chi connectivity index (χ3v) is 5.17. The molecule has 0 spiro atoms.